The quantitative estimate of drug-likeness (QED) is 0.652. The van der Waals surface area contributed by atoms with Gasteiger partial charge in [0, 0.05) is 17.8 Å². The summed E-state index contributed by atoms with van der Waals surface area (Å²) in [7, 11) is 1.91. The Morgan fingerprint density at radius 3 is 2.57 bits per heavy atom. The van der Waals surface area contributed by atoms with Gasteiger partial charge in [0.1, 0.15) is 11.5 Å². The lowest BCUT2D eigenvalue weighted by molar-refractivity contribution is -0.122. The molecule has 0 saturated carbocycles. The number of carbonyl (C=O) groups is 1. The number of aromatic nitrogens is 2. The highest BCUT2D eigenvalue weighted by Crippen LogP contribution is 2.15. The van der Waals surface area contributed by atoms with Crippen molar-refractivity contribution < 1.29 is 9.21 Å². The van der Waals surface area contributed by atoms with E-state index >= 15 is 0 Å². The largest absolute Gasteiger partial charge is 0.465 e. The molecule has 28 heavy (non-hydrogen) atoms. The first-order valence-electron chi connectivity index (χ1n) is 9.49. The molecule has 0 saturated heterocycles. The standard InChI is InChI=1S/C22H28N4O2/c1-16-10-11-20(28-16)14-25(4)15-22(27)23-12-21-17(2)24-26(18(21)3)13-19-8-6-5-7-9-19/h5-11H,12-15H2,1-4H3,(H,23,27). The van der Waals surface area contributed by atoms with Crippen LogP contribution in [0.25, 0.3) is 0 Å². The Morgan fingerprint density at radius 2 is 1.89 bits per heavy atom. The highest BCUT2D eigenvalue weighted by Gasteiger charge is 2.14. The van der Waals surface area contributed by atoms with Gasteiger partial charge in [-0.15, -0.1) is 0 Å². The summed E-state index contributed by atoms with van der Waals surface area (Å²) in [5, 5.41) is 7.66. The lowest BCUT2D eigenvalue weighted by Gasteiger charge is -2.15. The molecule has 1 amide bonds. The number of benzene rings is 1. The lowest BCUT2D eigenvalue weighted by Crippen LogP contribution is -2.34. The maximum Gasteiger partial charge on any atom is 0.234 e. The van der Waals surface area contributed by atoms with E-state index in [4.69, 9.17) is 4.42 Å². The molecule has 3 rings (SSSR count). The molecule has 3 aromatic rings. The number of amides is 1. The van der Waals surface area contributed by atoms with E-state index in [9.17, 15) is 4.79 Å². The minimum atomic E-state index is -0.0135. The van der Waals surface area contributed by atoms with Crippen LogP contribution in [0.1, 0.15) is 34.0 Å². The molecule has 1 aromatic carbocycles. The summed E-state index contributed by atoms with van der Waals surface area (Å²) in [6, 6.07) is 14.1. The second-order valence-electron chi connectivity index (χ2n) is 7.25. The lowest BCUT2D eigenvalue weighted by atomic mass is 10.2. The number of carbonyl (C=O) groups excluding carboxylic acids is 1. The topological polar surface area (TPSA) is 63.3 Å². The summed E-state index contributed by atoms with van der Waals surface area (Å²) in [5.41, 5.74) is 4.32. The average Bonchev–Trinajstić information content (AvgIpc) is 3.17. The van der Waals surface area contributed by atoms with Crippen molar-refractivity contribution in [3.8, 4) is 0 Å². The fraction of sp³-hybridized carbons (Fsp3) is 0.364. The molecule has 0 radical (unpaired) electrons. The van der Waals surface area contributed by atoms with Crippen molar-refractivity contribution in [3.63, 3.8) is 0 Å². The molecule has 1 N–H and O–H groups in total. The van der Waals surface area contributed by atoms with E-state index in [1.807, 2.05) is 60.8 Å². The number of hydrogen-bond acceptors (Lipinski definition) is 4. The summed E-state index contributed by atoms with van der Waals surface area (Å²) in [4.78, 5) is 14.3. The van der Waals surface area contributed by atoms with Gasteiger partial charge >= 0.3 is 0 Å². The van der Waals surface area contributed by atoms with E-state index in [-0.39, 0.29) is 5.91 Å². The molecule has 148 valence electrons. The van der Waals surface area contributed by atoms with Gasteiger partial charge in [0.25, 0.3) is 0 Å². The first-order chi connectivity index (χ1) is 13.4. The molecular formula is C22H28N4O2. The van der Waals surface area contributed by atoms with Crippen molar-refractivity contribution in [1.29, 1.82) is 0 Å². The molecule has 2 heterocycles. The second-order valence-corrected chi connectivity index (χ2v) is 7.25. The van der Waals surface area contributed by atoms with E-state index in [0.29, 0.717) is 19.6 Å². The first kappa shape index (κ1) is 19.9. The Labute approximate surface area is 166 Å². The van der Waals surface area contributed by atoms with E-state index in [2.05, 4.69) is 29.5 Å². The molecular weight excluding hydrogens is 352 g/mol. The third kappa shape index (κ3) is 5.10. The molecule has 0 unspecified atom stereocenters. The van der Waals surface area contributed by atoms with Crippen LogP contribution in [-0.2, 0) is 24.4 Å². The Balaban J connectivity index is 1.54. The van der Waals surface area contributed by atoms with Crippen molar-refractivity contribution in [1.82, 2.24) is 20.0 Å². The van der Waals surface area contributed by atoms with Crippen molar-refractivity contribution in [2.45, 2.75) is 40.4 Å². The first-order valence-corrected chi connectivity index (χ1v) is 9.49. The number of furan rings is 1. The van der Waals surface area contributed by atoms with Crippen molar-refractivity contribution >= 4 is 5.91 Å². The van der Waals surface area contributed by atoms with E-state index in [1.165, 1.54) is 5.56 Å². The summed E-state index contributed by atoms with van der Waals surface area (Å²) in [5.74, 6) is 1.73. The minimum Gasteiger partial charge on any atom is -0.465 e. The van der Waals surface area contributed by atoms with Gasteiger partial charge in [-0.05, 0) is 45.5 Å². The third-order valence-electron chi connectivity index (χ3n) is 4.80. The highest BCUT2D eigenvalue weighted by molar-refractivity contribution is 5.78. The van der Waals surface area contributed by atoms with Gasteiger partial charge in [-0.1, -0.05) is 30.3 Å². The molecule has 6 nitrogen and oxygen atoms in total. The molecule has 0 spiro atoms. The maximum atomic E-state index is 12.3. The normalized spacial score (nSPS) is 11.2. The van der Waals surface area contributed by atoms with E-state index in [1.54, 1.807) is 0 Å². The van der Waals surface area contributed by atoms with Gasteiger partial charge in [0.05, 0.1) is 25.3 Å². The van der Waals surface area contributed by atoms with E-state index in [0.717, 1.165) is 35.0 Å². The highest BCUT2D eigenvalue weighted by atomic mass is 16.3. The molecule has 0 bridgehead atoms. The molecule has 0 fully saturated rings. The average molecular weight is 380 g/mol. The summed E-state index contributed by atoms with van der Waals surface area (Å²) < 4.78 is 7.56. The van der Waals surface area contributed by atoms with Crippen LogP contribution < -0.4 is 5.32 Å². The molecule has 0 aliphatic heterocycles. The van der Waals surface area contributed by atoms with Gasteiger partial charge in [-0.2, -0.15) is 5.10 Å². The zero-order valence-electron chi connectivity index (χ0n) is 17.0. The number of likely N-dealkylation sites (N-methyl/N-ethyl adjacent to an activating group) is 1. The van der Waals surface area contributed by atoms with Gasteiger partial charge in [0.2, 0.25) is 5.91 Å². The van der Waals surface area contributed by atoms with Crippen molar-refractivity contribution in [2.24, 2.45) is 0 Å². The number of rotatable bonds is 8. The number of hydrogen-bond donors (Lipinski definition) is 1. The number of nitrogens with one attached hydrogen (secondary N) is 1. The van der Waals surface area contributed by atoms with Crippen molar-refractivity contribution in [3.05, 3.63) is 76.5 Å². The van der Waals surface area contributed by atoms with Crippen LogP contribution in [0.3, 0.4) is 0 Å². The molecule has 0 atom stereocenters. The Kier molecular flexibility index (Phi) is 6.31. The molecule has 2 aromatic heterocycles. The molecule has 0 aliphatic carbocycles. The van der Waals surface area contributed by atoms with Crippen LogP contribution in [0.4, 0.5) is 0 Å². The monoisotopic (exact) mass is 380 g/mol. The van der Waals surface area contributed by atoms with Crippen LogP contribution in [0.5, 0.6) is 0 Å². The maximum absolute atomic E-state index is 12.3. The predicted octanol–water partition coefficient (Wildman–Crippen LogP) is 3.20. The fourth-order valence-electron chi connectivity index (χ4n) is 3.28. The zero-order chi connectivity index (χ0) is 20.1. The van der Waals surface area contributed by atoms with Gasteiger partial charge in [0.15, 0.2) is 0 Å². The Morgan fingerprint density at radius 1 is 1.14 bits per heavy atom. The SMILES string of the molecule is Cc1ccc(CN(C)CC(=O)NCc2c(C)nn(Cc3ccccc3)c2C)o1. The summed E-state index contributed by atoms with van der Waals surface area (Å²) in [6.07, 6.45) is 0. The van der Waals surface area contributed by atoms with Crippen LogP contribution >= 0.6 is 0 Å². The smallest absolute Gasteiger partial charge is 0.234 e. The van der Waals surface area contributed by atoms with Crippen LogP contribution in [-0.4, -0.2) is 34.2 Å². The molecule has 6 heteroatoms. The number of nitrogens with zero attached hydrogens (tertiary/aromatic N) is 3. The third-order valence-corrected chi connectivity index (χ3v) is 4.80. The Bertz CT molecular complexity index is 927. The minimum absolute atomic E-state index is 0.0135. The summed E-state index contributed by atoms with van der Waals surface area (Å²) >= 11 is 0. The zero-order valence-corrected chi connectivity index (χ0v) is 17.0. The van der Waals surface area contributed by atoms with Crippen LogP contribution in [0.2, 0.25) is 0 Å². The van der Waals surface area contributed by atoms with Gasteiger partial charge in [-0.25, -0.2) is 0 Å². The Hall–Kier alpha value is -2.86. The van der Waals surface area contributed by atoms with Gasteiger partial charge in [-0.3, -0.25) is 14.4 Å². The second kappa shape index (κ2) is 8.89. The van der Waals surface area contributed by atoms with Crippen molar-refractivity contribution in [2.75, 3.05) is 13.6 Å². The predicted molar refractivity (Wildman–Crippen MR) is 109 cm³/mol. The fourth-order valence-corrected chi connectivity index (χ4v) is 3.28. The van der Waals surface area contributed by atoms with Crippen LogP contribution in [0.15, 0.2) is 46.9 Å². The van der Waals surface area contributed by atoms with Gasteiger partial charge < -0.3 is 9.73 Å². The van der Waals surface area contributed by atoms with Crippen LogP contribution in [0, 0.1) is 20.8 Å². The van der Waals surface area contributed by atoms with E-state index < -0.39 is 0 Å². The molecule has 0 aliphatic rings. The number of aryl methyl sites for hydroxylation is 2. The summed E-state index contributed by atoms with van der Waals surface area (Å²) in [6.45, 7) is 8.09.